The van der Waals surface area contributed by atoms with Crippen LogP contribution in [0.25, 0.3) is 0 Å². The van der Waals surface area contributed by atoms with Crippen LogP contribution in [0.2, 0.25) is 0 Å². The van der Waals surface area contributed by atoms with Crippen molar-refractivity contribution >= 4 is 56.5 Å². The van der Waals surface area contributed by atoms with Gasteiger partial charge in [0.25, 0.3) is 0 Å². The molecule has 0 heterocycles. The SMILES string of the molecule is CP(C)C.CP(C)C.Cc1[c-]c(C)cc(C)c1.[I][Mn][I]. The third-order valence-corrected chi connectivity index (χ3v) is 1.28. The maximum absolute atomic E-state index is 3.21. The Bertz CT molecular complexity index is 257. The molecule has 0 spiro atoms. The fourth-order valence-electron chi connectivity index (χ4n) is 1.11. The van der Waals surface area contributed by atoms with Crippen molar-refractivity contribution in [3.05, 3.63) is 34.9 Å². The monoisotopic (exact) mass is 580 g/mol. The summed E-state index contributed by atoms with van der Waals surface area (Å²) in [7, 11) is 1.76. The summed E-state index contributed by atoms with van der Waals surface area (Å²) < 4.78 is 0. The Morgan fingerprint density at radius 3 is 1.15 bits per heavy atom. The molecule has 0 amide bonds. The molecule has 0 fully saturated rings. The summed E-state index contributed by atoms with van der Waals surface area (Å²) in [5, 5.41) is 0. The van der Waals surface area contributed by atoms with E-state index in [1.807, 2.05) is 0 Å². The molecular weight excluding hydrogens is 551 g/mol. The third kappa shape index (κ3) is 36.9. The summed E-state index contributed by atoms with van der Waals surface area (Å²) in [6, 6.07) is 7.47. The number of rotatable bonds is 0. The van der Waals surface area contributed by atoms with Gasteiger partial charge < -0.3 is 0 Å². The molecule has 0 aliphatic heterocycles. The van der Waals surface area contributed by atoms with E-state index in [1.165, 1.54) is 16.7 Å². The summed E-state index contributed by atoms with van der Waals surface area (Å²) >= 11 is 4.61. The Balaban J connectivity index is -0.000000223. The molecule has 1 rings (SSSR count). The first-order valence-electron chi connectivity index (χ1n) is 6.12. The number of benzene rings is 1. The molecule has 0 saturated carbocycles. The van der Waals surface area contributed by atoms with E-state index >= 15 is 0 Å². The van der Waals surface area contributed by atoms with Crippen molar-refractivity contribution in [2.24, 2.45) is 0 Å². The minimum absolute atomic E-state index is 0.380. The molecule has 121 valence electrons. The molecule has 1 aromatic rings. The van der Waals surface area contributed by atoms with Crippen LogP contribution in [-0.2, 0) is 8.46 Å². The van der Waals surface area contributed by atoms with Gasteiger partial charge in [0.1, 0.15) is 0 Å². The Hall–Kier alpha value is 2.06. The van der Waals surface area contributed by atoms with Crippen LogP contribution in [0.4, 0.5) is 0 Å². The number of aryl methyl sites for hydroxylation is 3. The number of hydrogen-bond donors (Lipinski definition) is 0. The van der Waals surface area contributed by atoms with Gasteiger partial charge in [0.15, 0.2) is 0 Å². The second-order valence-corrected chi connectivity index (χ2v) is 20.6. The topological polar surface area (TPSA) is 0 Å². The van der Waals surface area contributed by atoms with Crippen LogP contribution in [0.3, 0.4) is 0 Å². The zero-order valence-corrected chi connectivity index (χ0v) is 21.5. The van der Waals surface area contributed by atoms with Crippen LogP contribution in [0, 0.1) is 26.8 Å². The van der Waals surface area contributed by atoms with E-state index in [1.54, 1.807) is 0 Å². The predicted molar refractivity (Wildman–Crippen MR) is 117 cm³/mol. The molecule has 0 aliphatic rings. The van der Waals surface area contributed by atoms with Gasteiger partial charge in [0.2, 0.25) is 0 Å². The molecule has 0 unspecified atom stereocenters. The van der Waals surface area contributed by atoms with Crippen LogP contribution < -0.4 is 0 Å². The molecule has 0 saturated heterocycles. The van der Waals surface area contributed by atoms with E-state index < -0.39 is 0 Å². The van der Waals surface area contributed by atoms with E-state index in [2.05, 4.69) is 120 Å². The van der Waals surface area contributed by atoms with Gasteiger partial charge in [-0.3, -0.25) is 0 Å². The zero-order valence-electron chi connectivity index (χ0n) is 14.2. The second-order valence-electron chi connectivity index (χ2n) is 5.26. The summed E-state index contributed by atoms with van der Waals surface area (Å²) in [5.74, 6) is 0. The molecule has 0 bridgehead atoms. The molecule has 0 aliphatic carbocycles. The Morgan fingerprint density at radius 2 is 1.00 bits per heavy atom. The van der Waals surface area contributed by atoms with Crippen LogP contribution >= 0.6 is 56.5 Å². The molecule has 0 atom stereocenters. The normalized spacial score (nSPS) is 8.85. The molecule has 0 N–H and O–H groups in total. The molecule has 0 radical (unpaired) electrons. The van der Waals surface area contributed by atoms with E-state index in [-0.39, 0.29) is 0 Å². The van der Waals surface area contributed by atoms with Gasteiger partial charge in [-0.2, -0.15) is 34.9 Å². The Kier molecular flexibility index (Phi) is 25.7. The summed E-state index contributed by atoms with van der Waals surface area (Å²) in [4.78, 5) is 0. The van der Waals surface area contributed by atoms with Gasteiger partial charge in [-0.05, 0) is 40.0 Å². The first kappa shape index (κ1) is 26.9. The fraction of sp³-hybridized carbons (Fsp3) is 0.600. The van der Waals surface area contributed by atoms with Gasteiger partial charge in [-0.25, -0.2) is 0 Å². The molecular formula is C15H29I2MnP2-. The van der Waals surface area contributed by atoms with Crippen LogP contribution in [0.15, 0.2) is 12.1 Å². The van der Waals surface area contributed by atoms with Gasteiger partial charge in [0, 0.05) is 0 Å². The molecule has 5 heteroatoms. The Labute approximate surface area is 159 Å². The van der Waals surface area contributed by atoms with Crippen molar-refractivity contribution in [2.45, 2.75) is 20.8 Å². The first-order chi connectivity index (χ1) is 9.06. The van der Waals surface area contributed by atoms with Crippen molar-refractivity contribution in [3.8, 4) is 0 Å². The van der Waals surface area contributed by atoms with Gasteiger partial charge in [-0.15, -0.1) is 15.8 Å². The number of halogens is 2. The third-order valence-electron chi connectivity index (χ3n) is 1.28. The Morgan fingerprint density at radius 1 is 0.800 bits per heavy atom. The van der Waals surface area contributed by atoms with Crippen LogP contribution in [0.1, 0.15) is 16.7 Å². The van der Waals surface area contributed by atoms with Gasteiger partial charge in [-0.1, -0.05) is 20.8 Å². The fourth-order valence-corrected chi connectivity index (χ4v) is 1.11. The minimum atomic E-state index is 0.380. The van der Waals surface area contributed by atoms with E-state index in [4.69, 9.17) is 0 Å². The number of hydrogen-bond acceptors (Lipinski definition) is 0. The quantitative estimate of drug-likeness (QED) is 0.136. The molecule has 20 heavy (non-hydrogen) atoms. The van der Waals surface area contributed by atoms with Gasteiger partial charge >= 0.3 is 49.1 Å². The summed E-state index contributed by atoms with van der Waals surface area (Å²) in [6.45, 7) is 19.6. The second kappa shape index (κ2) is 19.1. The summed E-state index contributed by atoms with van der Waals surface area (Å²) in [6.07, 6.45) is 0. The molecule has 1 aromatic carbocycles. The summed E-state index contributed by atoms with van der Waals surface area (Å²) in [5.41, 5.74) is 3.78. The van der Waals surface area contributed by atoms with Gasteiger partial charge in [0.05, 0.1) is 0 Å². The maximum atomic E-state index is 3.21. The molecule has 0 nitrogen and oxygen atoms in total. The molecule has 0 aromatic heterocycles. The average Bonchev–Trinajstić information content (AvgIpc) is 2.13. The first-order valence-corrected chi connectivity index (χ1v) is 19.1. The van der Waals surface area contributed by atoms with Crippen molar-refractivity contribution < 1.29 is 8.46 Å². The van der Waals surface area contributed by atoms with E-state index in [9.17, 15) is 0 Å². The predicted octanol–water partition coefficient (Wildman–Crippen LogP) is 6.90. The van der Waals surface area contributed by atoms with Crippen molar-refractivity contribution in [3.63, 3.8) is 0 Å². The standard InChI is InChI=1S/C9H11.2C3H9P.2HI.Mn/c1-7-4-8(2)6-9(3)5-7;2*1-4(2)3;;;/h4-5H,1-3H3;2*1-3H3;2*1H;/q-1;;;;;+2/p-2. The van der Waals surface area contributed by atoms with Crippen molar-refractivity contribution in [1.82, 2.24) is 0 Å². The van der Waals surface area contributed by atoms with E-state index in [0.29, 0.717) is 15.8 Å². The van der Waals surface area contributed by atoms with Crippen LogP contribution in [-0.4, -0.2) is 40.0 Å². The zero-order chi connectivity index (χ0) is 16.7. The van der Waals surface area contributed by atoms with Crippen molar-refractivity contribution in [1.29, 1.82) is 0 Å². The average molecular weight is 580 g/mol. The van der Waals surface area contributed by atoms with Crippen LogP contribution in [0.5, 0.6) is 0 Å². The van der Waals surface area contributed by atoms with Crippen molar-refractivity contribution in [2.75, 3.05) is 40.0 Å². The van der Waals surface area contributed by atoms with E-state index in [0.717, 1.165) is 8.46 Å².